The first kappa shape index (κ1) is 17.9. The number of hydrogen-bond acceptors (Lipinski definition) is 3. The molecule has 6 heteroatoms. The number of piperidine rings is 1. The molecule has 0 aliphatic carbocycles. The van der Waals surface area contributed by atoms with Crippen molar-refractivity contribution in [2.75, 3.05) is 26.7 Å². The zero-order valence-corrected chi connectivity index (χ0v) is 14.2. The van der Waals surface area contributed by atoms with Crippen LogP contribution in [0.2, 0.25) is 0 Å². The van der Waals surface area contributed by atoms with Gasteiger partial charge in [-0.3, -0.25) is 4.90 Å². The summed E-state index contributed by atoms with van der Waals surface area (Å²) in [5.41, 5.74) is 2.06. The van der Waals surface area contributed by atoms with Crippen molar-refractivity contribution in [3.8, 4) is 5.69 Å². The topological polar surface area (TPSA) is 33.1 Å². The van der Waals surface area contributed by atoms with Crippen molar-refractivity contribution in [3.63, 3.8) is 0 Å². The Morgan fingerprint density at radius 1 is 1.26 bits per heavy atom. The van der Waals surface area contributed by atoms with E-state index in [4.69, 9.17) is 0 Å². The molecule has 126 valence electrons. The Bertz CT molecular complexity index is 597. The fraction of sp³-hybridized carbons (Fsp3) is 0.471. The molecule has 1 fully saturated rings. The molecule has 1 aromatic heterocycles. The molecule has 4 nitrogen and oxygen atoms in total. The molecule has 1 saturated heterocycles. The molecule has 1 N–H and O–H groups in total. The summed E-state index contributed by atoms with van der Waals surface area (Å²) in [6, 6.07) is 8.54. The van der Waals surface area contributed by atoms with Gasteiger partial charge in [-0.1, -0.05) is 0 Å². The van der Waals surface area contributed by atoms with Crippen molar-refractivity contribution in [1.29, 1.82) is 0 Å². The Morgan fingerprint density at radius 2 is 2.04 bits per heavy atom. The summed E-state index contributed by atoms with van der Waals surface area (Å²) >= 11 is 0. The fourth-order valence-corrected chi connectivity index (χ4v) is 3.24. The van der Waals surface area contributed by atoms with E-state index in [9.17, 15) is 4.39 Å². The van der Waals surface area contributed by atoms with Gasteiger partial charge in [0.2, 0.25) is 0 Å². The van der Waals surface area contributed by atoms with Crippen LogP contribution in [0, 0.1) is 11.7 Å². The molecule has 1 atom stereocenters. The Kier molecular flexibility index (Phi) is 6.57. The lowest BCUT2D eigenvalue weighted by atomic mass is 9.98. The molecular weight excluding hydrogens is 315 g/mol. The number of likely N-dealkylation sites (tertiary alicyclic amines) is 1. The van der Waals surface area contributed by atoms with Crippen molar-refractivity contribution >= 4 is 12.4 Å². The minimum atomic E-state index is -0.219. The fourth-order valence-electron chi connectivity index (χ4n) is 3.24. The van der Waals surface area contributed by atoms with Gasteiger partial charge in [0, 0.05) is 19.3 Å². The second-order valence-electron chi connectivity index (χ2n) is 6.01. The normalized spacial score (nSPS) is 18.6. The molecular formula is C17H24ClFN4. The monoisotopic (exact) mass is 338 g/mol. The summed E-state index contributed by atoms with van der Waals surface area (Å²) in [5.74, 6) is 0.504. The number of hydrogen-bond donors (Lipinski definition) is 1. The zero-order chi connectivity index (χ0) is 15.4. The van der Waals surface area contributed by atoms with E-state index in [1.807, 2.05) is 24.0 Å². The van der Waals surface area contributed by atoms with E-state index >= 15 is 0 Å². The predicted octanol–water partition coefficient (Wildman–Crippen LogP) is 2.86. The van der Waals surface area contributed by atoms with Crippen LogP contribution in [0.4, 0.5) is 4.39 Å². The maximum Gasteiger partial charge on any atom is 0.123 e. The zero-order valence-electron chi connectivity index (χ0n) is 13.4. The third-order valence-corrected chi connectivity index (χ3v) is 4.27. The van der Waals surface area contributed by atoms with Gasteiger partial charge in [0.15, 0.2) is 0 Å². The highest BCUT2D eigenvalue weighted by Crippen LogP contribution is 2.19. The highest BCUT2D eigenvalue weighted by molar-refractivity contribution is 5.85. The second-order valence-corrected chi connectivity index (χ2v) is 6.01. The Labute approximate surface area is 143 Å². The van der Waals surface area contributed by atoms with E-state index in [0.717, 1.165) is 43.5 Å². The van der Waals surface area contributed by atoms with Crippen LogP contribution >= 0.6 is 12.4 Å². The van der Waals surface area contributed by atoms with Gasteiger partial charge < -0.3 is 5.32 Å². The summed E-state index contributed by atoms with van der Waals surface area (Å²) < 4.78 is 15.0. The van der Waals surface area contributed by atoms with Gasteiger partial charge >= 0.3 is 0 Å². The van der Waals surface area contributed by atoms with Crippen molar-refractivity contribution in [2.45, 2.75) is 19.4 Å². The lowest BCUT2D eigenvalue weighted by Gasteiger charge is -2.32. The number of nitrogens with zero attached hydrogens (tertiary/aromatic N) is 3. The Morgan fingerprint density at radius 3 is 2.78 bits per heavy atom. The number of nitrogens with one attached hydrogen (secondary N) is 1. The minimum absolute atomic E-state index is 0. The van der Waals surface area contributed by atoms with E-state index in [-0.39, 0.29) is 18.2 Å². The van der Waals surface area contributed by atoms with Crippen LogP contribution < -0.4 is 5.32 Å². The second kappa shape index (κ2) is 8.43. The van der Waals surface area contributed by atoms with Gasteiger partial charge in [-0.25, -0.2) is 9.07 Å². The van der Waals surface area contributed by atoms with Crippen LogP contribution in [0.3, 0.4) is 0 Å². The molecule has 0 radical (unpaired) electrons. The van der Waals surface area contributed by atoms with Crippen LogP contribution in [-0.4, -0.2) is 41.4 Å². The van der Waals surface area contributed by atoms with Gasteiger partial charge in [0.1, 0.15) is 5.82 Å². The SMILES string of the molecule is CNCC1CCCN(Cc2ccnn2-c2ccc(F)cc2)C1.Cl. The number of halogens is 2. The van der Waals surface area contributed by atoms with E-state index in [1.165, 1.54) is 25.0 Å². The average molecular weight is 339 g/mol. The molecule has 0 bridgehead atoms. The minimum Gasteiger partial charge on any atom is -0.319 e. The molecule has 23 heavy (non-hydrogen) atoms. The number of rotatable bonds is 5. The summed E-state index contributed by atoms with van der Waals surface area (Å²) in [6.45, 7) is 4.22. The summed E-state index contributed by atoms with van der Waals surface area (Å²) in [4.78, 5) is 2.49. The largest absolute Gasteiger partial charge is 0.319 e. The molecule has 0 saturated carbocycles. The van der Waals surface area contributed by atoms with Crippen LogP contribution in [0.25, 0.3) is 5.69 Å². The van der Waals surface area contributed by atoms with Gasteiger partial charge in [-0.05, 0) is 69.2 Å². The van der Waals surface area contributed by atoms with Gasteiger partial charge in [-0.15, -0.1) is 12.4 Å². The van der Waals surface area contributed by atoms with Gasteiger partial charge in [0.05, 0.1) is 11.4 Å². The van der Waals surface area contributed by atoms with E-state index < -0.39 is 0 Å². The lowest BCUT2D eigenvalue weighted by Crippen LogP contribution is -2.38. The molecule has 0 amide bonds. The number of benzene rings is 1. The highest BCUT2D eigenvalue weighted by atomic mass is 35.5. The first-order valence-electron chi connectivity index (χ1n) is 7.92. The van der Waals surface area contributed by atoms with Crippen molar-refractivity contribution < 1.29 is 4.39 Å². The predicted molar refractivity (Wildman–Crippen MR) is 92.7 cm³/mol. The van der Waals surface area contributed by atoms with E-state index in [1.54, 1.807) is 12.1 Å². The van der Waals surface area contributed by atoms with Gasteiger partial charge in [-0.2, -0.15) is 5.10 Å². The molecule has 2 heterocycles. The maximum atomic E-state index is 13.1. The molecule has 1 aromatic carbocycles. The summed E-state index contributed by atoms with van der Waals surface area (Å²) in [5, 5.41) is 7.67. The van der Waals surface area contributed by atoms with Crippen LogP contribution in [0.1, 0.15) is 18.5 Å². The Hall–Kier alpha value is -1.43. The summed E-state index contributed by atoms with van der Waals surface area (Å²) in [6.07, 6.45) is 4.36. The summed E-state index contributed by atoms with van der Waals surface area (Å²) in [7, 11) is 2.02. The molecule has 1 aliphatic heterocycles. The van der Waals surface area contributed by atoms with E-state index in [2.05, 4.69) is 15.3 Å². The average Bonchev–Trinajstić information content (AvgIpc) is 2.97. The maximum absolute atomic E-state index is 13.1. The first-order valence-corrected chi connectivity index (χ1v) is 7.92. The molecule has 1 unspecified atom stereocenters. The Balaban J connectivity index is 0.00000192. The van der Waals surface area contributed by atoms with Crippen LogP contribution in [-0.2, 0) is 6.54 Å². The third-order valence-electron chi connectivity index (χ3n) is 4.27. The first-order chi connectivity index (χ1) is 10.8. The quantitative estimate of drug-likeness (QED) is 0.910. The van der Waals surface area contributed by atoms with Crippen LogP contribution in [0.5, 0.6) is 0 Å². The molecule has 3 rings (SSSR count). The lowest BCUT2D eigenvalue weighted by molar-refractivity contribution is 0.164. The highest BCUT2D eigenvalue weighted by Gasteiger charge is 2.20. The molecule has 0 spiro atoms. The van der Waals surface area contributed by atoms with Gasteiger partial charge in [0.25, 0.3) is 0 Å². The van der Waals surface area contributed by atoms with Crippen molar-refractivity contribution in [3.05, 3.63) is 48.0 Å². The smallest absolute Gasteiger partial charge is 0.123 e. The standard InChI is InChI=1S/C17H23FN4.ClH/c1-19-11-14-3-2-10-21(12-14)13-17-8-9-20-22(17)16-6-4-15(18)5-7-16;/h4-9,14,19H,2-3,10-13H2,1H3;1H. The van der Waals surface area contributed by atoms with Crippen molar-refractivity contribution in [1.82, 2.24) is 20.0 Å². The molecule has 1 aliphatic rings. The van der Waals surface area contributed by atoms with Crippen LogP contribution in [0.15, 0.2) is 36.5 Å². The third kappa shape index (κ3) is 4.53. The van der Waals surface area contributed by atoms with Crippen molar-refractivity contribution in [2.24, 2.45) is 5.92 Å². The van der Waals surface area contributed by atoms with E-state index in [0.29, 0.717) is 0 Å². The number of aromatic nitrogens is 2. The molecule has 2 aromatic rings.